The van der Waals surface area contributed by atoms with Crippen molar-refractivity contribution in [3.8, 4) is 0 Å². The Kier molecular flexibility index (Phi) is 3.29. The number of hydrogen-bond donors (Lipinski definition) is 1. The maximum atomic E-state index is 4.77. The first kappa shape index (κ1) is 13.1. The number of alkyl halides is 1. The van der Waals surface area contributed by atoms with Gasteiger partial charge < -0.3 is 4.57 Å². The van der Waals surface area contributed by atoms with Crippen LogP contribution in [0.25, 0.3) is 11.6 Å². The van der Waals surface area contributed by atoms with E-state index >= 15 is 0 Å². The van der Waals surface area contributed by atoms with Crippen LogP contribution in [0.4, 0.5) is 0 Å². The van der Waals surface area contributed by atoms with Gasteiger partial charge in [0.05, 0.1) is 11.4 Å². The van der Waals surface area contributed by atoms with Crippen molar-refractivity contribution in [2.24, 2.45) is 0 Å². The van der Waals surface area contributed by atoms with E-state index in [2.05, 4.69) is 73.9 Å². The quantitative estimate of drug-likeness (QED) is 0.630. The molecule has 4 nitrogen and oxygen atoms in total. The number of H-pyrrole nitrogens is 1. The van der Waals surface area contributed by atoms with Crippen LogP contribution >= 0.6 is 22.6 Å². The van der Waals surface area contributed by atoms with Gasteiger partial charge in [0, 0.05) is 28.8 Å². The van der Waals surface area contributed by atoms with Gasteiger partial charge in [-0.3, -0.25) is 5.10 Å². The zero-order valence-electron chi connectivity index (χ0n) is 11.4. The third kappa shape index (κ3) is 2.50. The number of rotatable bonds is 2. The van der Waals surface area contributed by atoms with Gasteiger partial charge in [-0.05, 0) is 24.1 Å². The van der Waals surface area contributed by atoms with Crippen LogP contribution in [-0.4, -0.2) is 23.7 Å². The zero-order valence-corrected chi connectivity index (χ0v) is 13.6. The van der Waals surface area contributed by atoms with Crippen LogP contribution < -0.4 is 0 Å². The van der Waals surface area contributed by atoms with Crippen LogP contribution in [0.15, 0.2) is 42.8 Å². The number of aromatic nitrogens is 4. The maximum Gasteiger partial charge on any atom is 0.132 e. The Morgan fingerprint density at radius 1 is 1.29 bits per heavy atom. The summed E-state index contributed by atoms with van der Waals surface area (Å²) in [7, 11) is 0. The van der Waals surface area contributed by atoms with Crippen LogP contribution in [0.5, 0.6) is 0 Å². The van der Waals surface area contributed by atoms with Crippen LogP contribution in [0.1, 0.15) is 29.6 Å². The molecule has 1 aliphatic heterocycles. The van der Waals surface area contributed by atoms with Gasteiger partial charge in [0.1, 0.15) is 5.82 Å². The van der Waals surface area contributed by atoms with E-state index in [1.54, 1.807) is 6.20 Å². The molecular weight excluding hydrogens is 375 g/mol. The lowest BCUT2D eigenvalue weighted by Gasteiger charge is -2.13. The molecular formula is C16H15IN4. The monoisotopic (exact) mass is 390 g/mol. The lowest BCUT2D eigenvalue weighted by atomic mass is 9.93. The Morgan fingerprint density at radius 2 is 2.24 bits per heavy atom. The molecule has 0 amide bonds. The molecule has 2 aliphatic rings. The standard InChI is InChI=1S/C16H15IN4/c17-13-5-6-16-19-15(10-21(16)9-13)12-3-1-11(2-4-12)14-7-8-18-20-14/h1-3,5-8,10,12-13H,4,9H2,(H,18,20). The van der Waals surface area contributed by atoms with Gasteiger partial charge in [0.2, 0.25) is 0 Å². The summed E-state index contributed by atoms with van der Waals surface area (Å²) >= 11 is 2.46. The first-order valence-corrected chi connectivity index (χ1v) is 8.31. The van der Waals surface area contributed by atoms with E-state index in [9.17, 15) is 0 Å². The van der Waals surface area contributed by atoms with Gasteiger partial charge in [-0.25, -0.2) is 4.98 Å². The molecule has 0 spiro atoms. The van der Waals surface area contributed by atoms with Crippen molar-refractivity contribution in [1.82, 2.24) is 19.7 Å². The largest absolute Gasteiger partial charge is 0.330 e. The molecule has 0 saturated heterocycles. The minimum absolute atomic E-state index is 0.371. The molecule has 2 aromatic rings. The second kappa shape index (κ2) is 5.29. The van der Waals surface area contributed by atoms with Crippen molar-refractivity contribution < 1.29 is 0 Å². The third-order valence-electron chi connectivity index (χ3n) is 3.94. The average Bonchev–Trinajstić information content (AvgIpc) is 3.16. The van der Waals surface area contributed by atoms with E-state index in [0.717, 1.165) is 30.2 Å². The van der Waals surface area contributed by atoms with Crippen molar-refractivity contribution in [2.75, 3.05) is 0 Å². The highest BCUT2D eigenvalue weighted by molar-refractivity contribution is 14.1. The predicted octanol–water partition coefficient (Wildman–Crippen LogP) is 3.56. The molecule has 0 bridgehead atoms. The first-order chi connectivity index (χ1) is 10.3. The summed E-state index contributed by atoms with van der Waals surface area (Å²) in [4.78, 5) is 4.77. The molecule has 21 heavy (non-hydrogen) atoms. The third-order valence-corrected chi connectivity index (χ3v) is 4.75. The fourth-order valence-electron chi connectivity index (χ4n) is 2.80. The van der Waals surface area contributed by atoms with Crippen LogP contribution in [0.2, 0.25) is 0 Å². The topological polar surface area (TPSA) is 46.5 Å². The summed E-state index contributed by atoms with van der Waals surface area (Å²) in [6.07, 6.45) is 16.0. The number of halogens is 1. The average molecular weight is 390 g/mol. The highest BCUT2D eigenvalue weighted by atomic mass is 127. The molecule has 0 radical (unpaired) electrons. The Bertz CT molecular complexity index is 736. The zero-order chi connectivity index (χ0) is 14.2. The summed E-state index contributed by atoms with van der Waals surface area (Å²) in [6.45, 7) is 1.02. The number of nitrogens with one attached hydrogen (secondary N) is 1. The lowest BCUT2D eigenvalue weighted by molar-refractivity contribution is 0.711. The number of allylic oxidation sites excluding steroid dienone is 5. The van der Waals surface area contributed by atoms with E-state index in [1.807, 2.05) is 6.07 Å². The van der Waals surface area contributed by atoms with Gasteiger partial charge >= 0.3 is 0 Å². The fourth-order valence-corrected chi connectivity index (χ4v) is 3.44. The summed E-state index contributed by atoms with van der Waals surface area (Å²) in [6, 6.07) is 2.00. The minimum Gasteiger partial charge on any atom is -0.330 e. The van der Waals surface area contributed by atoms with E-state index in [0.29, 0.717) is 9.84 Å². The van der Waals surface area contributed by atoms with E-state index in [1.165, 1.54) is 5.57 Å². The predicted molar refractivity (Wildman–Crippen MR) is 92.1 cm³/mol. The van der Waals surface area contributed by atoms with Crippen molar-refractivity contribution in [3.05, 3.63) is 60.0 Å². The Labute approximate surface area is 136 Å². The second-order valence-corrected chi connectivity index (χ2v) is 6.98. The summed E-state index contributed by atoms with van der Waals surface area (Å²) in [5, 5.41) is 7.01. The molecule has 106 valence electrons. The molecule has 2 aromatic heterocycles. The molecule has 2 atom stereocenters. The SMILES string of the molecule is IC1C=Cc2nc(C3C=CC(c4ccn[nH]4)=CC3)cn2C1. The number of imidazole rings is 1. The molecule has 0 saturated carbocycles. The van der Waals surface area contributed by atoms with E-state index < -0.39 is 0 Å². The number of fused-ring (bicyclic) bond motifs is 1. The molecule has 0 fully saturated rings. The van der Waals surface area contributed by atoms with E-state index in [-0.39, 0.29) is 0 Å². The molecule has 1 aliphatic carbocycles. The summed E-state index contributed by atoms with van der Waals surface area (Å²) < 4.78 is 2.82. The van der Waals surface area contributed by atoms with Gasteiger partial charge in [-0.2, -0.15) is 5.10 Å². The van der Waals surface area contributed by atoms with Gasteiger partial charge in [-0.1, -0.05) is 46.9 Å². The van der Waals surface area contributed by atoms with Crippen molar-refractivity contribution >= 4 is 34.2 Å². The first-order valence-electron chi connectivity index (χ1n) is 7.07. The Balaban J connectivity index is 1.55. The molecule has 0 aromatic carbocycles. The highest BCUT2D eigenvalue weighted by Crippen LogP contribution is 2.30. The van der Waals surface area contributed by atoms with Crippen LogP contribution in [0, 0.1) is 0 Å². The summed E-state index contributed by atoms with van der Waals surface area (Å²) in [5.74, 6) is 1.45. The van der Waals surface area contributed by atoms with Crippen LogP contribution in [-0.2, 0) is 6.54 Å². The second-order valence-electron chi connectivity index (χ2n) is 5.38. The normalized spacial score (nSPS) is 24.0. The van der Waals surface area contributed by atoms with Crippen molar-refractivity contribution in [3.63, 3.8) is 0 Å². The Hall–Kier alpha value is -1.63. The van der Waals surface area contributed by atoms with Gasteiger partial charge in [0.25, 0.3) is 0 Å². The van der Waals surface area contributed by atoms with Crippen LogP contribution in [0.3, 0.4) is 0 Å². The van der Waals surface area contributed by atoms with E-state index in [4.69, 9.17) is 4.98 Å². The maximum absolute atomic E-state index is 4.77. The van der Waals surface area contributed by atoms with Crippen molar-refractivity contribution in [2.45, 2.75) is 22.8 Å². The molecule has 5 heteroatoms. The molecule has 1 N–H and O–H groups in total. The number of nitrogens with zero attached hydrogens (tertiary/aromatic N) is 3. The molecule has 4 rings (SSSR count). The van der Waals surface area contributed by atoms with Gasteiger partial charge in [-0.15, -0.1) is 0 Å². The molecule has 3 heterocycles. The lowest BCUT2D eigenvalue weighted by Crippen LogP contribution is -2.12. The molecule has 2 unspecified atom stereocenters. The number of aromatic amines is 1. The van der Waals surface area contributed by atoms with Gasteiger partial charge in [0.15, 0.2) is 0 Å². The minimum atomic E-state index is 0.371. The smallest absolute Gasteiger partial charge is 0.132 e. The highest BCUT2D eigenvalue weighted by Gasteiger charge is 2.19. The summed E-state index contributed by atoms with van der Waals surface area (Å²) in [5.41, 5.74) is 3.45. The Morgan fingerprint density at radius 3 is 3.00 bits per heavy atom. The number of hydrogen-bond acceptors (Lipinski definition) is 2. The van der Waals surface area contributed by atoms with Crippen molar-refractivity contribution in [1.29, 1.82) is 0 Å². The fraction of sp³-hybridized carbons (Fsp3) is 0.250.